The number of rotatable bonds is 4. The molecule has 0 heterocycles. The lowest BCUT2D eigenvalue weighted by molar-refractivity contribution is -0.134. The summed E-state index contributed by atoms with van der Waals surface area (Å²) >= 11 is 3.49. The number of nitrogens with zero attached hydrogens (tertiary/aromatic N) is 1. The van der Waals surface area contributed by atoms with Crippen LogP contribution in [0.4, 0.5) is 0 Å². The summed E-state index contributed by atoms with van der Waals surface area (Å²) in [7, 11) is 0. The number of benzene rings is 1. The zero-order chi connectivity index (χ0) is 14.0. The van der Waals surface area contributed by atoms with Gasteiger partial charge in [-0.05, 0) is 36.0 Å². The summed E-state index contributed by atoms with van der Waals surface area (Å²) in [6.07, 6.45) is 2.94. The number of amides is 1. The van der Waals surface area contributed by atoms with Crippen LogP contribution in [0.1, 0.15) is 45.6 Å². The van der Waals surface area contributed by atoms with Crippen LogP contribution in [-0.2, 0) is 11.3 Å². The molecular weight excluding hydrogens is 302 g/mol. The van der Waals surface area contributed by atoms with Gasteiger partial charge in [0.05, 0.1) is 0 Å². The van der Waals surface area contributed by atoms with Crippen LogP contribution in [0.3, 0.4) is 0 Å². The second-order valence-corrected chi connectivity index (χ2v) is 7.54. The van der Waals surface area contributed by atoms with Crippen molar-refractivity contribution in [2.45, 2.75) is 52.6 Å². The number of carbonyl (C=O) groups excluding carboxylic acids is 1. The van der Waals surface area contributed by atoms with Crippen molar-refractivity contribution in [2.24, 2.45) is 5.41 Å². The Morgan fingerprint density at radius 3 is 2.58 bits per heavy atom. The van der Waals surface area contributed by atoms with Crippen LogP contribution in [0, 0.1) is 5.41 Å². The highest BCUT2D eigenvalue weighted by atomic mass is 79.9. The van der Waals surface area contributed by atoms with E-state index < -0.39 is 0 Å². The monoisotopic (exact) mass is 323 g/mol. The summed E-state index contributed by atoms with van der Waals surface area (Å²) in [6.45, 7) is 7.10. The van der Waals surface area contributed by atoms with Gasteiger partial charge in [0.15, 0.2) is 0 Å². The van der Waals surface area contributed by atoms with Gasteiger partial charge in [0.25, 0.3) is 0 Å². The largest absolute Gasteiger partial charge is 0.335 e. The molecule has 19 heavy (non-hydrogen) atoms. The molecule has 1 aromatic carbocycles. The Morgan fingerprint density at radius 2 is 2.05 bits per heavy atom. The first-order valence-electron chi connectivity index (χ1n) is 6.89. The standard InChI is InChI=1S/C16H22BrNO/c1-16(2,3)10-15(19)18(14-7-8-14)11-12-5-4-6-13(17)9-12/h4-6,9,14H,7-8,10-11H2,1-3H3. The third-order valence-electron chi connectivity index (χ3n) is 3.23. The molecule has 1 saturated carbocycles. The van der Waals surface area contributed by atoms with Gasteiger partial charge < -0.3 is 4.90 Å². The maximum Gasteiger partial charge on any atom is 0.223 e. The molecule has 0 atom stereocenters. The smallest absolute Gasteiger partial charge is 0.223 e. The predicted octanol–water partition coefficient (Wildman–Crippen LogP) is 4.38. The van der Waals surface area contributed by atoms with E-state index in [-0.39, 0.29) is 11.3 Å². The van der Waals surface area contributed by atoms with Gasteiger partial charge in [0.2, 0.25) is 5.91 Å². The number of hydrogen-bond donors (Lipinski definition) is 0. The lowest BCUT2D eigenvalue weighted by Crippen LogP contribution is -2.34. The summed E-state index contributed by atoms with van der Waals surface area (Å²) in [5.74, 6) is 0.287. The van der Waals surface area contributed by atoms with Crippen molar-refractivity contribution in [3.8, 4) is 0 Å². The molecule has 1 aliphatic carbocycles. The SMILES string of the molecule is CC(C)(C)CC(=O)N(Cc1cccc(Br)c1)C1CC1. The Bertz CT molecular complexity index is 460. The van der Waals surface area contributed by atoms with E-state index in [2.05, 4.69) is 53.7 Å². The molecule has 1 amide bonds. The molecule has 1 aromatic rings. The summed E-state index contributed by atoms with van der Waals surface area (Å²) < 4.78 is 1.07. The molecule has 1 aliphatic rings. The minimum Gasteiger partial charge on any atom is -0.335 e. The van der Waals surface area contributed by atoms with Crippen LogP contribution >= 0.6 is 15.9 Å². The molecule has 2 rings (SSSR count). The van der Waals surface area contributed by atoms with Crippen molar-refractivity contribution in [3.63, 3.8) is 0 Å². The predicted molar refractivity (Wildman–Crippen MR) is 81.8 cm³/mol. The Balaban J connectivity index is 2.06. The molecule has 104 valence electrons. The van der Waals surface area contributed by atoms with Crippen molar-refractivity contribution < 1.29 is 4.79 Å². The van der Waals surface area contributed by atoms with Gasteiger partial charge >= 0.3 is 0 Å². The van der Waals surface area contributed by atoms with Crippen LogP contribution in [-0.4, -0.2) is 16.8 Å². The van der Waals surface area contributed by atoms with Gasteiger partial charge in [-0.15, -0.1) is 0 Å². The highest BCUT2D eigenvalue weighted by molar-refractivity contribution is 9.10. The highest BCUT2D eigenvalue weighted by Crippen LogP contribution is 2.31. The van der Waals surface area contributed by atoms with E-state index in [1.807, 2.05) is 12.1 Å². The summed E-state index contributed by atoms with van der Waals surface area (Å²) in [5.41, 5.74) is 1.25. The molecular formula is C16H22BrNO. The quantitative estimate of drug-likeness (QED) is 0.805. The van der Waals surface area contributed by atoms with Gasteiger partial charge in [0, 0.05) is 23.5 Å². The molecule has 1 fully saturated rings. The minimum atomic E-state index is 0.0570. The molecule has 0 unspecified atom stereocenters. The van der Waals surface area contributed by atoms with Crippen molar-refractivity contribution in [1.82, 2.24) is 4.90 Å². The summed E-state index contributed by atoms with van der Waals surface area (Å²) in [5, 5.41) is 0. The van der Waals surface area contributed by atoms with Crippen molar-refractivity contribution in [3.05, 3.63) is 34.3 Å². The average Bonchev–Trinajstić information content (AvgIpc) is 3.07. The molecule has 0 radical (unpaired) electrons. The first-order chi connectivity index (χ1) is 8.85. The first-order valence-corrected chi connectivity index (χ1v) is 7.68. The van der Waals surface area contributed by atoms with Crippen LogP contribution in [0.5, 0.6) is 0 Å². The zero-order valence-electron chi connectivity index (χ0n) is 11.9. The molecule has 3 heteroatoms. The van der Waals surface area contributed by atoms with Crippen molar-refractivity contribution in [2.75, 3.05) is 0 Å². The Labute approximate surface area is 124 Å². The van der Waals surface area contributed by atoms with Crippen LogP contribution in [0.15, 0.2) is 28.7 Å². The van der Waals surface area contributed by atoms with Gasteiger partial charge in [-0.25, -0.2) is 0 Å². The van der Waals surface area contributed by atoms with Gasteiger partial charge in [-0.3, -0.25) is 4.79 Å². The zero-order valence-corrected chi connectivity index (χ0v) is 13.5. The van der Waals surface area contributed by atoms with E-state index in [1.54, 1.807) is 0 Å². The van der Waals surface area contributed by atoms with Gasteiger partial charge in [-0.1, -0.05) is 48.8 Å². The second kappa shape index (κ2) is 5.66. The molecule has 0 bridgehead atoms. The summed E-state index contributed by atoms with van der Waals surface area (Å²) in [4.78, 5) is 14.5. The van der Waals surface area contributed by atoms with E-state index >= 15 is 0 Å². The molecule has 2 nitrogen and oxygen atoms in total. The van der Waals surface area contributed by atoms with Crippen LogP contribution in [0.2, 0.25) is 0 Å². The number of hydrogen-bond acceptors (Lipinski definition) is 1. The van der Waals surface area contributed by atoms with E-state index in [0.717, 1.165) is 23.9 Å². The Kier molecular flexibility index (Phi) is 4.34. The fourth-order valence-electron chi connectivity index (χ4n) is 2.19. The van der Waals surface area contributed by atoms with Crippen molar-refractivity contribution in [1.29, 1.82) is 0 Å². The molecule has 0 N–H and O–H groups in total. The van der Waals surface area contributed by atoms with E-state index in [1.165, 1.54) is 5.56 Å². The van der Waals surface area contributed by atoms with Crippen LogP contribution < -0.4 is 0 Å². The van der Waals surface area contributed by atoms with E-state index in [9.17, 15) is 4.79 Å². The average molecular weight is 324 g/mol. The van der Waals surface area contributed by atoms with E-state index in [0.29, 0.717) is 12.5 Å². The topological polar surface area (TPSA) is 20.3 Å². The molecule has 0 aromatic heterocycles. The molecule has 0 spiro atoms. The lowest BCUT2D eigenvalue weighted by Gasteiger charge is -2.27. The summed E-state index contributed by atoms with van der Waals surface area (Å²) in [6, 6.07) is 8.69. The minimum absolute atomic E-state index is 0.0570. The van der Waals surface area contributed by atoms with Crippen LogP contribution in [0.25, 0.3) is 0 Å². The molecule has 0 aliphatic heterocycles. The van der Waals surface area contributed by atoms with Gasteiger partial charge in [0.1, 0.15) is 0 Å². The fraction of sp³-hybridized carbons (Fsp3) is 0.562. The third kappa shape index (κ3) is 4.64. The van der Waals surface area contributed by atoms with Crippen molar-refractivity contribution >= 4 is 21.8 Å². The fourth-order valence-corrected chi connectivity index (χ4v) is 2.64. The first kappa shape index (κ1) is 14.6. The Hall–Kier alpha value is -0.830. The molecule has 0 saturated heterocycles. The maximum atomic E-state index is 12.4. The number of halogens is 1. The maximum absolute atomic E-state index is 12.4. The van der Waals surface area contributed by atoms with Gasteiger partial charge in [-0.2, -0.15) is 0 Å². The lowest BCUT2D eigenvalue weighted by atomic mass is 9.91. The Morgan fingerprint density at radius 1 is 1.37 bits per heavy atom. The number of carbonyl (C=O) groups is 1. The second-order valence-electron chi connectivity index (χ2n) is 6.62. The normalized spacial score (nSPS) is 15.4. The van der Waals surface area contributed by atoms with E-state index in [4.69, 9.17) is 0 Å². The highest BCUT2D eigenvalue weighted by Gasteiger charge is 2.33. The third-order valence-corrected chi connectivity index (χ3v) is 3.72.